The summed E-state index contributed by atoms with van der Waals surface area (Å²) in [5.41, 5.74) is 0.875. The molecule has 8 heteroatoms. The van der Waals surface area contributed by atoms with E-state index >= 15 is 0 Å². The largest absolute Gasteiger partial charge is 0.342 e. The molecule has 1 N–H and O–H groups in total. The molecule has 1 aromatic heterocycles. The highest BCUT2D eigenvalue weighted by molar-refractivity contribution is 6.30. The molecule has 2 fully saturated rings. The molecule has 2 atom stereocenters. The normalized spacial score (nSPS) is 22.9. The Kier molecular flexibility index (Phi) is 6.16. The van der Waals surface area contributed by atoms with Gasteiger partial charge in [0.2, 0.25) is 17.6 Å². The van der Waals surface area contributed by atoms with Crippen LogP contribution in [0, 0.1) is 5.92 Å². The van der Waals surface area contributed by atoms with Gasteiger partial charge < -0.3 is 14.7 Å². The number of carbonyl (C=O) groups is 1. The summed E-state index contributed by atoms with van der Waals surface area (Å²) in [5, 5.41) is 8.04. The van der Waals surface area contributed by atoms with Gasteiger partial charge in [0.1, 0.15) is 0 Å². The minimum atomic E-state index is 0. The second-order valence-corrected chi connectivity index (χ2v) is 7.21. The fourth-order valence-corrected chi connectivity index (χ4v) is 3.75. The lowest BCUT2D eigenvalue weighted by atomic mass is 9.96. The molecule has 4 rings (SSSR count). The predicted octanol–water partition coefficient (Wildman–Crippen LogP) is 3.13. The number of halogens is 2. The summed E-state index contributed by atoms with van der Waals surface area (Å²) in [6.07, 6.45) is 2.87. The zero-order chi connectivity index (χ0) is 17.2. The minimum Gasteiger partial charge on any atom is -0.342 e. The molecular formula is C18H22Cl2N4O2. The fourth-order valence-electron chi connectivity index (χ4n) is 3.62. The van der Waals surface area contributed by atoms with E-state index in [9.17, 15) is 4.79 Å². The van der Waals surface area contributed by atoms with E-state index in [1.807, 2.05) is 29.2 Å². The number of benzene rings is 1. The van der Waals surface area contributed by atoms with Gasteiger partial charge in [-0.15, -0.1) is 12.4 Å². The molecule has 1 amide bonds. The SMILES string of the molecule is Cl.O=C(C1CCNC1)N1CCCC(c2nc(-c3ccc(Cl)cc3)no2)C1. The number of piperidine rings is 1. The number of hydrogen-bond donors (Lipinski definition) is 1. The van der Waals surface area contributed by atoms with Gasteiger partial charge in [-0.05, 0) is 50.1 Å². The monoisotopic (exact) mass is 396 g/mol. The molecule has 2 unspecified atom stereocenters. The van der Waals surface area contributed by atoms with Gasteiger partial charge >= 0.3 is 0 Å². The van der Waals surface area contributed by atoms with E-state index < -0.39 is 0 Å². The molecule has 6 nitrogen and oxygen atoms in total. The molecule has 26 heavy (non-hydrogen) atoms. The maximum atomic E-state index is 12.6. The Morgan fingerprint density at radius 3 is 2.81 bits per heavy atom. The molecule has 140 valence electrons. The Hall–Kier alpha value is -1.63. The Morgan fingerprint density at radius 1 is 1.27 bits per heavy atom. The molecule has 3 heterocycles. The van der Waals surface area contributed by atoms with Crippen LogP contribution in [0.1, 0.15) is 31.1 Å². The van der Waals surface area contributed by atoms with Crippen LogP contribution in [0.4, 0.5) is 0 Å². The second-order valence-electron chi connectivity index (χ2n) is 6.78. The van der Waals surface area contributed by atoms with E-state index in [-0.39, 0.29) is 30.2 Å². The van der Waals surface area contributed by atoms with Gasteiger partial charge in [0.25, 0.3) is 0 Å². The summed E-state index contributed by atoms with van der Waals surface area (Å²) in [5.74, 6) is 1.67. The van der Waals surface area contributed by atoms with E-state index in [1.165, 1.54) is 0 Å². The summed E-state index contributed by atoms with van der Waals surface area (Å²) in [6, 6.07) is 7.37. The quantitative estimate of drug-likeness (QED) is 0.862. The van der Waals surface area contributed by atoms with Crippen LogP contribution < -0.4 is 5.32 Å². The molecule has 2 aliphatic rings. The smallest absolute Gasteiger partial charge is 0.231 e. The van der Waals surface area contributed by atoms with Crippen LogP contribution in [0.3, 0.4) is 0 Å². The number of likely N-dealkylation sites (tertiary alicyclic amines) is 1. The summed E-state index contributed by atoms with van der Waals surface area (Å²) in [6.45, 7) is 3.21. The zero-order valence-corrected chi connectivity index (χ0v) is 15.9. The summed E-state index contributed by atoms with van der Waals surface area (Å²) in [7, 11) is 0. The highest BCUT2D eigenvalue weighted by Crippen LogP contribution is 2.29. The van der Waals surface area contributed by atoms with E-state index in [4.69, 9.17) is 16.1 Å². The lowest BCUT2D eigenvalue weighted by Gasteiger charge is -2.32. The van der Waals surface area contributed by atoms with Crippen molar-refractivity contribution in [2.75, 3.05) is 26.2 Å². The van der Waals surface area contributed by atoms with Crippen LogP contribution in [0.25, 0.3) is 11.4 Å². The van der Waals surface area contributed by atoms with Crippen molar-refractivity contribution >= 4 is 29.9 Å². The van der Waals surface area contributed by atoms with E-state index in [0.29, 0.717) is 23.3 Å². The van der Waals surface area contributed by atoms with Crippen molar-refractivity contribution in [2.45, 2.75) is 25.2 Å². The van der Waals surface area contributed by atoms with Crippen molar-refractivity contribution in [3.8, 4) is 11.4 Å². The van der Waals surface area contributed by atoms with E-state index in [2.05, 4.69) is 15.5 Å². The van der Waals surface area contributed by atoms with Gasteiger partial charge in [-0.25, -0.2) is 0 Å². The van der Waals surface area contributed by atoms with Crippen molar-refractivity contribution in [3.05, 3.63) is 35.2 Å². The zero-order valence-electron chi connectivity index (χ0n) is 14.4. The third-order valence-corrected chi connectivity index (χ3v) is 5.29. The van der Waals surface area contributed by atoms with Gasteiger partial charge in [0.05, 0.1) is 11.8 Å². The lowest BCUT2D eigenvalue weighted by Crippen LogP contribution is -2.43. The number of nitrogens with one attached hydrogen (secondary N) is 1. The molecule has 2 saturated heterocycles. The van der Waals surface area contributed by atoms with Crippen LogP contribution in [-0.4, -0.2) is 47.1 Å². The molecule has 0 spiro atoms. The molecule has 0 aliphatic carbocycles. The number of nitrogens with zero attached hydrogens (tertiary/aromatic N) is 3. The molecule has 0 bridgehead atoms. The number of amides is 1. The third kappa shape index (κ3) is 4.03. The molecule has 0 radical (unpaired) electrons. The number of hydrogen-bond acceptors (Lipinski definition) is 5. The Labute approximate surface area is 163 Å². The maximum Gasteiger partial charge on any atom is 0.231 e. The first kappa shape index (κ1) is 19.1. The first-order valence-electron chi connectivity index (χ1n) is 8.80. The third-order valence-electron chi connectivity index (χ3n) is 5.04. The standard InChI is InChI=1S/C18H21ClN4O2.ClH/c19-15-5-3-12(4-6-15)16-21-17(25-22-16)14-2-1-9-23(11-14)18(24)13-7-8-20-10-13;/h3-6,13-14,20H,1-2,7-11H2;1H. The number of carbonyl (C=O) groups excluding carboxylic acids is 1. The average molecular weight is 397 g/mol. The first-order valence-corrected chi connectivity index (χ1v) is 9.17. The Morgan fingerprint density at radius 2 is 2.08 bits per heavy atom. The van der Waals surface area contributed by atoms with Crippen molar-refractivity contribution < 1.29 is 9.32 Å². The second kappa shape index (κ2) is 8.37. The maximum absolute atomic E-state index is 12.6. The Balaban J connectivity index is 0.00000196. The highest BCUT2D eigenvalue weighted by Gasteiger charge is 2.33. The van der Waals surface area contributed by atoms with Crippen molar-refractivity contribution in [2.24, 2.45) is 5.92 Å². The minimum absolute atomic E-state index is 0. The van der Waals surface area contributed by atoms with E-state index in [0.717, 1.165) is 44.5 Å². The highest BCUT2D eigenvalue weighted by atomic mass is 35.5. The number of aromatic nitrogens is 2. The molecule has 2 aliphatic heterocycles. The van der Waals surface area contributed by atoms with Gasteiger partial charge in [-0.1, -0.05) is 16.8 Å². The van der Waals surface area contributed by atoms with Crippen molar-refractivity contribution in [1.29, 1.82) is 0 Å². The summed E-state index contributed by atoms with van der Waals surface area (Å²) < 4.78 is 5.50. The van der Waals surface area contributed by atoms with E-state index in [1.54, 1.807) is 0 Å². The number of rotatable bonds is 3. The predicted molar refractivity (Wildman–Crippen MR) is 102 cm³/mol. The summed E-state index contributed by atoms with van der Waals surface area (Å²) >= 11 is 5.92. The topological polar surface area (TPSA) is 71.3 Å². The van der Waals surface area contributed by atoms with Crippen LogP contribution in [0.15, 0.2) is 28.8 Å². The molecule has 2 aromatic rings. The van der Waals surface area contributed by atoms with Gasteiger partial charge in [-0.2, -0.15) is 4.98 Å². The van der Waals surface area contributed by atoms with Crippen LogP contribution in [0.5, 0.6) is 0 Å². The molecule has 1 aromatic carbocycles. The van der Waals surface area contributed by atoms with Gasteiger partial charge in [0.15, 0.2) is 0 Å². The van der Waals surface area contributed by atoms with Crippen molar-refractivity contribution in [1.82, 2.24) is 20.4 Å². The van der Waals surface area contributed by atoms with Crippen LogP contribution >= 0.6 is 24.0 Å². The van der Waals surface area contributed by atoms with Crippen LogP contribution in [-0.2, 0) is 4.79 Å². The first-order chi connectivity index (χ1) is 12.2. The molecular weight excluding hydrogens is 375 g/mol. The van der Waals surface area contributed by atoms with Gasteiger partial charge in [-0.3, -0.25) is 4.79 Å². The van der Waals surface area contributed by atoms with Crippen LogP contribution in [0.2, 0.25) is 5.02 Å². The Bertz CT molecular complexity index is 744. The molecule has 0 saturated carbocycles. The fraction of sp³-hybridized carbons (Fsp3) is 0.500. The summed E-state index contributed by atoms with van der Waals surface area (Å²) in [4.78, 5) is 19.2. The van der Waals surface area contributed by atoms with Crippen molar-refractivity contribution in [3.63, 3.8) is 0 Å². The van der Waals surface area contributed by atoms with Gasteiger partial charge in [0, 0.05) is 30.2 Å². The average Bonchev–Trinajstić information content (AvgIpc) is 3.34. The lowest BCUT2D eigenvalue weighted by molar-refractivity contribution is -0.136.